The van der Waals surface area contributed by atoms with Crippen molar-refractivity contribution in [2.24, 2.45) is 0 Å². The fourth-order valence-electron chi connectivity index (χ4n) is 4.26. The van der Waals surface area contributed by atoms with Gasteiger partial charge < -0.3 is 10.2 Å². The molecule has 3 aromatic rings. The molecule has 1 aromatic heterocycles. The number of nitrogens with one attached hydrogen (secondary N) is 1. The highest BCUT2D eigenvalue weighted by atomic mass is 35.5. The number of rotatable bonds is 6. The number of fused-ring (bicyclic) bond motifs is 1. The van der Waals surface area contributed by atoms with Gasteiger partial charge in [-0.1, -0.05) is 29.0 Å². The van der Waals surface area contributed by atoms with E-state index in [4.69, 9.17) is 16.6 Å². The largest absolute Gasteiger partial charge is 0.351 e. The number of aromatic nitrogens is 1. The molecule has 2 fully saturated rings. The number of nitrogens with zero attached hydrogens (tertiary/aromatic N) is 4. The molecule has 0 bridgehead atoms. The van der Waals surface area contributed by atoms with E-state index in [0.717, 1.165) is 48.1 Å². The third-order valence-electron chi connectivity index (χ3n) is 6.15. The quantitative estimate of drug-likeness (QED) is 0.526. The molecule has 8 nitrogen and oxygen atoms in total. The van der Waals surface area contributed by atoms with Crippen LogP contribution in [0.4, 0.5) is 10.8 Å². The second-order valence-electron chi connectivity index (χ2n) is 8.34. The van der Waals surface area contributed by atoms with E-state index < -0.39 is 0 Å². The predicted molar refractivity (Wildman–Crippen MR) is 134 cm³/mol. The number of para-hydroxylation sites is 1. The zero-order chi connectivity index (χ0) is 23.7. The summed E-state index contributed by atoms with van der Waals surface area (Å²) in [4.78, 5) is 46.7. The number of anilines is 2. The van der Waals surface area contributed by atoms with E-state index in [1.54, 1.807) is 35.6 Å². The summed E-state index contributed by atoms with van der Waals surface area (Å²) in [7, 11) is 0. The van der Waals surface area contributed by atoms with Gasteiger partial charge in [0.1, 0.15) is 5.52 Å². The molecule has 3 heterocycles. The molecule has 34 heavy (non-hydrogen) atoms. The standard InChI is InChI=1S/C24H24ClN5O3S/c25-18-2-1-3-19-22(18)27-24(34-19)29-14-12-28(13-15-29)11-10-26-23(33)16-4-6-17(7-5-16)30-20(31)8-9-21(30)32/h1-7H,8-15H2,(H,26,33). The third kappa shape index (κ3) is 4.64. The van der Waals surface area contributed by atoms with Crippen molar-refractivity contribution in [2.45, 2.75) is 12.8 Å². The minimum absolute atomic E-state index is 0.171. The molecule has 0 aliphatic carbocycles. The number of hydrogen-bond acceptors (Lipinski definition) is 7. The molecular weight excluding hydrogens is 474 g/mol. The zero-order valence-electron chi connectivity index (χ0n) is 18.5. The topological polar surface area (TPSA) is 85.8 Å². The molecule has 2 aliphatic rings. The second kappa shape index (κ2) is 9.69. The fourth-order valence-corrected chi connectivity index (χ4v) is 5.57. The second-order valence-corrected chi connectivity index (χ2v) is 9.75. The Hall–Kier alpha value is -3.01. The van der Waals surface area contributed by atoms with Gasteiger partial charge in [0.05, 0.1) is 15.4 Å². The predicted octanol–water partition coefficient (Wildman–Crippen LogP) is 3.16. The first-order valence-corrected chi connectivity index (χ1v) is 12.5. The van der Waals surface area contributed by atoms with Crippen LogP contribution >= 0.6 is 22.9 Å². The van der Waals surface area contributed by atoms with Gasteiger partial charge in [-0.15, -0.1) is 0 Å². The van der Waals surface area contributed by atoms with Crippen molar-refractivity contribution >= 4 is 61.7 Å². The lowest BCUT2D eigenvalue weighted by Crippen LogP contribution is -2.48. The zero-order valence-corrected chi connectivity index (χ0v) is 20.1. The highest BCUT2D eigenvalue weighted by molar-refractivity contribution is 7.22. The minimum atomic E-state index is -0.200. The summed E-state index contributed by atoms with van der Waals surface area (Å²) >= 11 is 7.92. The van der Waals surface area contributed by atoms with E-state index in [1.807, 2.05) is 18.2 Å². The Labute approximate surface area is 206 Å². The van der Waals surface area contributed by atoms with E-state index in [2.05, 4.69) is 15.1 Å². The van der Waals surface area contributed by atoms with Gasteiger partial charge in [-0.2, -0.15) is 0 Å². The van der Waals surface area contributed by atoms with Crippen molar-refractivity contribution in [2.75, 3.05) is 49.1 Å². The molecular formula is C24H24ClN5O3S. The molecule has 0 atom stereocenters. The number of imide groups is 1. The van der Waals surface area contributed by atoms with Gasteiger partial charge in [0, 0.05) is 57.7 Å². The van der Waals surface area contributed by atoms with Crippen LogP contribution in [0.3, 0.4) is 0 Å². The average Bonchev–Trinajstić information content (AvgIpc) is 3.43. The van der Waals surface area contributed by atoms with Gasteiger partial charge in [0.2, 0.25) is 11.8 Å². The van der Waals surface area contributed by atoms with E-state index >= 15 is 0 Å². The Morgan fingerprint density at radius 2 is 1.71 bits per heavy atom. The number of amides is 3. The first kappa shape index (κ1) is 22.8. The van der Waals surface area contributed by atoms with Crippen LogP contribution < -0.4 is 15.1 Å². The summed E-state index contributed by atoms with van der Waals surface area (Å²) in [5.74, 6) is -0.570. The van der Waals surface area contributed by atoms with Crippen molar-refractivity contribution in [3.05, 3.63) is 53.1 Å². The molecule has 2 aliphatic heterocycles. The van der Waals surface area contributed by atoms with Crippen LogP contribution in [0.25, 0.3) is 10.2 Å². The van der Waals surface area contributed by atoms with Gasteiger partial charge in [0.15, 0.2) is 5.13 Å². The monoisotopic (exact) mass is 497 g/mol. The van der Waals surface area contributed by atoms with Crippen LogP contribution in [-0.2, 0) is 9.59 Å². The number of hydrogen-bond donors (Lipinski definition) is 1. The molecule has 5 rings (SSSR count). The fraction of sp³-hybridized carbons (Fsp3) is 0.333. The van der Waals surface area contributed by atoms with Crippen LogP contribution in [-0.4, -0.2) is 66.9 Å². The van der Waals surface area contributed by atoms with Crippen molar-refractivity contribution in [3.8, 4) is 0 Å². The van der Waals surface area contributed by atoms with E-state index in [9.17, 15) is 14.4 Å². The van der Waals surface area contributed by atoms with Crippen LogP contribution in [0, 0.1) is 0 Å². The van der Waals surface area contributed by atoms with Crippen molar-refractivity contribution in [3.63, 3.8) is 0 Å². The Morgan fingerprint density at radius 1 is 1.00 bits per heavy atom. The molecule has 3 amide bonds. The normalized spacial score (nSPS) is 17.1. The van der Waals surface area contributed by atoms with E-state index in [0.29, 0.717) is 22.8 Å². The molecule has 0 saturated carbocycles. The number of carbonyl (C=O) groups excluding carboxylic acids is 3. The average molecular weight is 498 g/mol. The smallest absolute Gasteiger partial charge is 0.251 e. The SMILES string of the molecule is O=C(NCCN1CCN(c2nc3c(Cl)cccc3s2)CC1)c1ccc(N2C(=O)CCC2=O)cc1. The number of carbonyl (C=O) groups is 3. The van der Waals surface area contributed by atoms with Gasteiger partial charge in [0.25, 0.3) is 5.91 Å². The maximum absolute atomic E-state index is 12.5. The first-order valence-electron chi connectivity index (χ1n) is 11.3. The highest BCUT2D eigenvalue weighted by Crippen LogP contribution is 2.33. The van der Waals surface area contributed by atoms with Crippen LogP contribution in [0.2, 0.25) is 5.02 Å². The summed E-state index contributed by atoms with van der Waals surface area (Å²) in [5, 5.41) is 4.63. The lowest BCUT2D eigenvalue weighted by atomic mass is 10.2. The van der Waals surface area contributed by atoms with Crippen LogP contribution in [0.1, 0.15) is 23.2 Å². The maximum atomic E-state index is 12.5. The number of piperazine rings is 1. The lowest BCUT2D eigenvalue weighted by molar-refractivity contribution is -0.121. The van der Waals surface area contributed by atoms with Crippen molar-refractivity contribution in [1.82, 2.24) is 15.2 Å². The lowest BCUT2D eigenvalue weighted by Gasteiger charge is -2.34. The molecule has 2 saturated heterocycles. The number of benzene rings is 2. The highest BCUT2D eigenvalue weighted by Gasteiger charge is 2.30. The molecule has 176 valence electrons. The van der Waals surface area contributed by atoms with E-state index in [1.165, 1.54) is 4.90 Å². The van der Waals surface area contributed by atoms with Crippen molar-refractivity contribution in [1.29, 1.82) is 0 Å². The summed E-state index contributed by atoms with van der Waals surface area (Å²) in [6.07, 6.45) is 0.481. The van der Waals surface area contributed by atoms with Gasteiger partial charge in [-0.05, 0) is 36.4 Å². The summed E-state index contributed by atoms with van der Waals surface area (Å²) in [5.41, 5.74) is 1.88. The molecule has 0 unspecified atom stereocenters. The number of halogens is 1. The minimum Gasteiger partial charge on any atom is -0.351 e. The molecule has 0 radical (unpaired) electrons. The summed E-state index contributed by atoms with van der Waals surface area (Å²) in [6.45, 7) is 4.85. The Balaban J connectivity index is 1.08. The maximum Gasteiger partial charge on any atom is 0.251 e. The van der Waals surface area contributed by atoms with Crippen LogP contribution in [0.15, 0.2) is 42.5 Å². The van der Waals surface area contributed by atoms with E-state index in [-0.39, 0.29) is 30.6 Å². The Morgan fingerprint density at radius 3 is 2.38 bits per heavy atom. The molecule has 1 N–H and O–H groups in total. The summed E-state index contributed by atoms with van der Waals surface area (Å²) < 4.78 is 1.10. The molecule has 2 aromatic carbocycles. The molecule has 10 heteroatoms. The third-order valence-corrected chi connectivity index (χ3v) is 7.54. The van der Waals surface area contributed by atoms with Gasteiger partial charge in [-0.3, -0.25) is 24.2 Å². The van der Waals surface area contributed by atoms with Crippen LogP contribution in [0.5, 0.6) is 0 Å². The summed E-state index contributed by atoms with van der Waals surface area (Å²) in [6, 6.07) is 12.4. The van der Waals surface area contributed by atoms with Gasteiger partial charge >= 0.3 is 0 Å². The Bertz CT molecular complexity index is 1220. The Kier molecular flexibility index (Phi) is 6.49. The van der Waals surface area contributed by atoms with Crippen molar-refractivity contribution < 1.29 is 14.4 Å². The first-order chi connectivity index (χ1) is 16.5. The molecule has 0 spiro atoms. The number of thiazole rings is 1. The van der Waals surface area contributed by atoms with Gasteiger partial charge in [-0.25, -0.2) is 4.98 Å².